The predicted octanol–water partition coefficient (Wildman–Crippen LogP) is 3.55. The SMILES string of the molecule is COc1cc(OC)cc(C(=O)N2CCN(c3nc(C(F)F)nc4ccccc34)CC2)c1. The third-order valence-corrected chi connectivity index (χ3v) is 5.26. The second kappa shape index (κ2) is 8.71. The summed E-state index contributed by atoms with van der Waals surface area (Å²) in [7, 11) is 3.06. The second-order valence-corrected chi connectivity index (χ2v) is 7.10. The number of amides is 1. The molecular formula is C22H22F2N4O3. The summed E-state index contributed by atoms with van der Waals surface area (Å²) in [5.74, 6) is 0.908. The number of anilines is 1. The maximum Gasteiger partial charge on any atom is 0.297 e. The highest BCUT2D eigenvalue weighted by Crippen LogP contribution is 2.28. The van der Waals surface area contributed by atoms with E-state index in [0.717, 1.165) is 0 Å². The Labute approximate surface area is 178 Å². The molecule has 2 aromatic carbocycles. The van der Waals surface area contributed by atoms with Gasteiger partial charge in [0.15, 0.2) is 5.82 Å². The number of alkyl halides is 2. The van der Waals surface area contributed by atoms with Crippen molar-refractivity contribution in [2.24, 2.45) is 0 Å². The van der Waals surface area contributed by atoms with E-state index in [2.05, 4.69) is 9.97 Å². The summed E-state index contributed by atoms with van der Waals surface area (Å²) in [6.07, 6.45) is -2.76. The summed E-state index contributed by atoms with van der Waals surface area (Å²) in [5, 5.41) is 0.712. The number of para-hydroxylation sites is 1. The maximum absolute atomic E-state index is 13.3. The van der Waals surface area contributed by atoms with Gasteiger partial charge in [-0.05, 0) is 24.3 Å². The van der Waals surface area contributed by atoms with Crippen LogP contribution in [0.4, 0.5) is 14.6 Å². The molecule has 1 saturated heterocycles. The Kier molecular flexibility index (Phi) is 5.83. The van der Waals surface area contributed by atoms with E-state index in [-0.39, 0.29) is 5.91 Å². The number of hydrogen-bond acceptors (Lipinski definition) is 6. The molecule has 1 amide bonds. The monoisotopic (exact) mass is 428 g/mol. The molecule has 0 N–H and O–H groups in total. The smallest absolute Gasteiger partial charge is 0.297 e. The van der Waals surface area contributed by atoms with Crippen LogP contribution in [-0.4, -0.2) is 61.2 Å². The van der Waals surface area contributed by atoms with Gasteiger partial charge in [-0.3, -0.25) is 4.79 Å². The van der Waals surface area contributed by atoms with Gasteiger partial charge in [-0.1, -0.05) is 12.1 Å². The van der Waals surface area contributed by atoms with Crippen molar-refractivity contribution in [3.05, 3.63) is 53.9 Å². The molecule has 4 rings (SSSR count). The number of methoxy groups -OCH3 is 2. The van der Waals surface area contributed by atoms with Gasteiger partial charge in [-0.25, -0.2) is 18.7 Å². The highest BCUT2D eigenvalue weighted by Gasteiger charge is 2.26. The molecule has 0 radical (unpaired) electrons. The van der Waals surface area contributed by atoms with Gasteiger partial charge < -0.3 is 19.3 Å². The van der Waals surface area contributed by atoms with Crippen molar-refractivity contribution in [3.63, 3.8) is 0 Å². The van der Waals surface area contributed by atoms with Gasteiger partial charge in [-0.15, -0.1) is 0 Å². The molecule has 1 aliphatic rings. The quantitative estimate of drug-likeness (QED) is 0.619. The van der Waals surface area contributed by atoms with Crippen molar-refractivity contribution in [2.75, 3.05) is 45.3 Å². The van der Waals surface area contributed by atoms with Crippen LogP contribution in [0.5, 0.6) is 11.5 Å². The number of carbonyl (C=O) groups excluding carboxylic acids is 1. The first-order chi connectivity index (χ1) is 15.0. The van der Waals surface area contributed by atoms with Gasteiger partial charge in [-0.2, -0.15) is 0 Å². The fraction of sp³-hybridized carbons (Fsp3) is 0.318. The van der Waals surface area contributed by atoms with Gasteiger partial charge in [0.05, 0.1) is 19.7 Å². The molecule has 0 saturated carbocycles. The summed E-state index contributed by atoms with van der Waals surface area (Å²) in [4.78, 5) is 24.7. The minimum Gasteiger partial charge on any atom is -0.497 e. The van der Waals surface area contributed by atoms with E-state index in [0.29, 0.717) is 60.0 Å². The predicted molar refractivity (Wildman–Crippen MR) is 112 cm³/mol. The molecule has 0 unspecified atom stereocenters. The number of hydrogen-bond donors (Lipinski definition) is 0. The second-order valence-electron chi connectivity index (χ2n) is 7.10. The molecule has 1 aliphatic heterocycles. The summed E-state index contributed by atoms with van der Waals surface area (Å²) >= 11 is 0. The lowest BCUT2D eigenvalue weighted by Gasteiger charge is -2.36. The van der Waals surface area contributed by atoms with Crippen LogP contribution < -0.4 is 14.4 Å². The number of carbonyl (C=O) groups is 1. The van der Waals surface area contributed by atoms with Crippen LogP contribution in [0.25, 0.3) is 10.9 Å². The summed E-state index contributed by atoms with van der Waals surface area (Å²) in [6.45, 7) is 1.80. The zero-order valence-corrected chi connectivity index (χ0v) is 17.2. The van der Waals surface area contributed by atoms with Crippen molar-refractivity contribution < 1.29 is 23.0 Å². The number of fused-ring (bicyclic) bond motifs is 1. The lowest BCUT2D eigenvalue weighted by molar-refractivity contribution is 0.0746. The molecule has 3 aromatic rings. The first-order valence-electron chi connectivity index (χ1n) is 9.82. The van der Waals surface area contributed by atoms with Gasteiger partial charge in [0.25, 0.3) is 12.3 Å². The molecule has 9 heteroatoms. The number of piperazine rings is 1. The molecule has 1 fully saturated rings. The standard InChI is InChI=1S/C22H22F2N4O3/c1-30-15-11-14(12-16(13-15)31-2)22(29)28-9-7-27(8-10-28)21-17-5-3-4-6-18(17)25-20(26-21)19(23)24/h3-6,11-13,19H,7-10H2,1-2H3. The van der Waals surface area contributed by atoms with Gasteiger partial charge in [0.2, 0.25) is 0 Å². The highest BCUT2D eigenvalue weighted by atomic mass is 19.3. The van der Waals surface area contributed by atoms with Crippen molar-refractivity contribution in [3.8, 4) is 11.5 Å². The van der Waals surface area contributed by atoms with Gasteiger partial charge in [0, 0.05) is 43.2 Å². The van der Waals surface area contributed by atoms with E-state index in [4.69, 9.17) is 9.47 Å². The molecule has 2 heterocycles. The van der Waals surface area contributed by atoms with E-state index in [1.807, 2.05) is 17.0 Å². The number of ether oxygens (including phenoxy) is 2. The van der Waals surface area contributed by atoms with Crippen molar-refractivity contribution in [2.45, 2.75) is 6.43 Å². The fourth-order valence-corrected chi connectivity index (χ4v) is 3.65. The Bertz CT molecular complexity index is 1080. The van der Waals surface area contributed by atoms with E-state index in [9.17, 15) is 13.6 Å². The number of benzene rings is 2. The Balaban J connectivity index is 1.55. The molecule has 0 aliphatic carbocycles. The van der Waals surface area contributed by atoms with E-state index in [1.165, 1.54) is 14.2 Å². The molecular weight excluding hydrogens is 406 g/mol. The van der Waals surface area contributed by atoms with Gasteiger partial charge in [0.1, 0.15) is 17.3 Å². The van der Waals surface area contributed by atoms with Crippen molar-refractivity contribution in [1.82, 2.24) is 14.9 Å². The fourth-order valence-electron chi connectivity index (χ4n) is 3.65. The number of aromatic nitrogens is 2. The first kappa shape index (κ1) is 20.8. The zero-order chi connectivity index (χ0) is 22.0. The maximum atomic E-state index is 13.3. The van der Waals surface area contributed by atoms with Crippen LogP contribution in [0.1, 0.15) is 22.6 Å². The molecule has 0 bridgehead atoms. The topological polar surface area (TPSA) is 67.8 Å². The zero-order valence-electron chi connectivity index (χ0n) is 17.2. The van der Waals surface area contributed by atoms with E-state index >= 15 is 0 Å². The van der Waals surface area contributed by atoms with Crippen LogP contribution in [0, 0.1) is 0 Å². The van der Waals surface area contributed by atoms with E-state index in [1.54, 1.807) is 35.2 Å². The molecule has 162 valence electrons. The minimum atomic E-state index is -2.76. The lowest BCUT2D eigenvalue weighted by atomic mass is 10.1. The van der Waals surface area contributed by atoms with Crippen LogP contribution in [-0.2, 0) is 0 Å². The largest absolute Gasteiger partial charge is 0.497 e. The molecule has 0 spiro atoms. The van der Waals surface area contributed by atoms with Crippen LogP contribution in [0.3, 0.4) is 0 Å². The lowest BCUT2D eigenvalue weighted by Crippen LogP contribution is -2.49. The average molecular weight is 428 g/mol. The van der Waals surface area contributed by atoms with E-state index < -0.39 is 12.2 Å². The Morgan fingerprint density at radius 2 is 1.61 bits per heavy atom. The minimum absolute atomic E-state index is 0.141. The molecule has 31 heavy (non-hydrogen) atoms. The summed E-state index contributed by atoms with van der Waals surface area (Å²) < 4.78 is 37.1. The van der Waals surface area contributed by atoms with Crippen LogP contribution in [0.2, 0.25) is 0 Å². The third-order valence-electron chi connectivity index (χ3n) is 5.26. The number of nitrogens with zero attached hydrogens (tertiary/aromatic N) is 4. The summed E-state index contributed by atoms with van der Waals surface area (Å²) in [5.41, 5.74) is 0.946. The Morgan fingerprint density at radius 3 is 2.23 bits per heavy atom. The van der Waals surface area contributed by atoms with Gasteiger partial charge >= 0.3 is 0 Å². The highest BCUT2D eigenvalue weighted by molar-refractivity contribution is 5.95. The Morgan fingerprint density at radius 1 is 0.968 bits per heavy atom. The summed E-state index contributed by atoms with van der Waals surface area (Å²) in [6, 6.07) is 12.1. The first-order valence-corrected chi connectivity index (χ1v) is 9.82. The van der Waals surface area contributed by atoms with Crippen molar-refractivity contribution in [1.29, 1.82) is 0 Å². The van der Waals surface area contributed by atoms with Crippen molar-refractivity contribution >= 4 is 22.6 Å². The van der Waals surface area contributed by atoms with Crippen LogP contribution in [0.15, 0.2) is 42.5 Å². The molecule has 7 nitrogen and oxygen atoms in total. The third kappa shape index (κ3) is 4.21. The normalized spacial score (nSPS) is 14.2. The molecule has 1 aromatic heterocycles. The van der Waals surface area contributed by atoms with Crippen LogP contribution >= 0.6 is 0 Å². The Hall–Kier alpha value is -3.49. The average Bonchev–Trinajstić information content (AvgIpc) is 2.82. The molecule has 0 atom stereocenters. The number of rotatable bonds is 5. The number of halogens is 2.